The van der Waals surface area contributed by atoms with E-state index < -0.39 is 0 Å². The van der Waals surface area contributed by atoms with Crippen LogP contribution in [0.3, 0.4) is 0 Å². The summed E-state index contributed by atoms with van der Waals surface area (Å²) in [6.07, 6.45) is 3.08. The van der Waals surface area contributed by atoms with Gasteiger partial charge in [-0.05, 0) is 50.5 Å². The second-order valence-electron chi connectivity index (χ2n) is 3.94. The lowest BCUT2D eigenvalue weighted by molar-refractivity contribution is 0.125. The molecule has 0 spiro atoms. The highest BCUT2D eigenvalue weighted by molar-refractivity contribution is 5.28. The lowest BCUT2D eigenvalue weighted by Gasteiger charge is -2.00. The second kappa shape index (κ2) is 6.48. The molecular weight excluding hydrogens is 207 g/mol. The van der Waals surface area contributed by atoms with Gasteiger partial charge in [-0.15, -0.1) is 0 Å². The minimum Gasteiger partial charge on any atom is -0.497 e. The van der Waals surface area contributed by atoms with Gasteiger partial charge in [-0.3, -0.25) is 0 Å². The number of hydrogen-bond donors (Lipinski definition) is 0. The second-order valence-corrected chi connectivity index (χ2v) is 3.94. The molecule has 1 atom stereocenters. The van der Waals surface area contributed by atoms with Crippen molar-refractivity contribution < 1.29 is 13.9 Å². The van der Waals surface area contributed by atoms with Gasteiger partial charge in [0.2, 0.25) is 0 Å². The molecule has 1 saturated heterocycles. The van der Waals surface area contributed by atoms with Gasteiger partial charge in [-0.1, -0.05) is 0 Å². The molecule has 0 radical (unpaired) electrons. The summed E-state index contributed by atoms with van der Waals surface area (Å²) in [4.78, 5) is 0. The number of ether oxygens (including phenoxy) is 2. The molecule has 1 aromatic carbocycles. The smallest absolute Gasteiger partial charge is 0.126 e. The molecule has 0 bridgehead atoms. The van der Waals surface area contributed by atoms with Crippen LogP contribution in [0.1, 0.15) is 25.3 Å². The molecule has 0 aromatic heterocycles. The van der Waals surface area contributed by atoms with Crippen LogP contribution >= 0.6 is 0 Å². The van der Waals surface area contributed by atoms with Gasteiger partial charge in [0, 0.05) is 6.61 Å². The van der Waals surface area contributed by atoms with Gasteiger partial charge >= 0.3 is 0 Å². The first-order valence-electron chi connectivity index (χ1n) is 5.55. The monoisotopic (exact) mass is 226 g/mol. The molecule has 0 N–H and O–H groups in total. The fourth-order valence-electron chi connectivity index (χ4n) is 1.48. The predicted molar refractivity (Wildman–Crippen MR) is 62.3 cm³/mol. The largest absolute Gasteiger partial charge is 0.497 e. The van der Waals surface area contributed by atoms with Crippen LogP contribution in [0, 0.1) is 12.7 Å². The van der Waals surface area contributed by atoms with Crippen LogP contribution in [-0.2, 0) is 4.74 Å². The molecule has 0 saturated carbocycles. The van der Waals surface area contributed by atoms with Crippen molar-refractivity contribution in [2.75, 3.05) is 13.7 Å². The first-order valence-corrected chi connectivity index (χ1v) is 5.55. The van der Waals surface area contributed by atoms with Gasteiger partial charge in [0.15, 0.2) is 0 Å². The highest BCUT2D eigenvalue weighted by atomic mass is 19.1. The van der Waals surface area contributed by atoms with Crippen molar-refractivity contribution in [1.82, 2.24) is 0 Å². The first-order chi connectivity index (χ1) is 7.63. The van der Waals surface area contributed by atoms with Crippen molar-refractivity contribution in [2.45, 2.75) is 32.8 Å². The summed E-state index contributed by atoms with van der Waals surface area (Å²) in [6.45, 7) is 4.81. The van der Waals surface area contributed by atoms with E-state index in [0.29, 0.717) is 17.4 Å². The van der Waals surface area contributed by atoms with Gasteiger partial charge in [-0.2, -0.15) is 0 Å². The van der Waals surface area contributed by atoms with Crippen molar-refractivity contribution in [3.63, 3.8) is 0 Å². The van der Waals surface area contributed by atoms with Crippen molar-refractivity contribution in [3.05, 3.63) is 29.6 Å². The molecule has 90 valence electrons. The minimum absolute atomic E-state index is 0.194. The third-order valence-corrected chi connectivity index (χ3v) is 2.52. The van der Waals surface area contributed by atoms with Crippen LogP contribution in [0.5, 0.6) is 5.75 Å². The lowest BCUT2D eigenvalue weighted by Crippen LogP contribution is -1.94. The summed E-state index contributed by atoms with van der Waals surface area (Å²) in [5.41, 5.74) is 0.611. The molecular formula is C13H19FO2. The summed E-state index contributed by atoms with van der Waals surface area (Å²) < 4.78 is 22.6. The summed E-state index contributed by atoms with van der Waals surface area (Å²) in [5.74, 6) is 0.500. The van der Waals surface area contributed by atoms with E-state index in [1.54, 1.807) is 26.2 Å². The zero-order valence-electron chi connectivity index (χ0n) is 10.1. The highest BCUT2D eigenvalue weighted by Crippen LogP contribution is 2.14. The maximum absolute atomic E-state index is 12.6. The topological polar surface area (TPSA) is 18.5 Å². The molecule has 1 fully saturated rings. The summed E-state index contributed by atoms with van der Waals surface area (Å²) in [5, 5.41) is 0. The van der Waals surface area contributed by atoms with Crippen molar-refractivity contribution >= 4 is 0 Å². The van der Waals surface area contributed by atoms with Crippen molar-refractivity contribution in [3.8, 4) is 5.75 Å². The number of methoxy groups -OCH3 is 1. The molecule has 0 aliphatic carbocycles. The third kappa shape index (κ3) is 4.19. The average Bonchev–Trinajstić information content (AvgIpc) is 2.74. The van der Waals surface area contributed by atoms with E-state index in [9.17, 15) is 4.39 Å². The number of halogens is 1. The fourth-order valence-corrected chi connectivity index (χ4v) is 1.48. The Kier molecular flexibility index (Phi) is 5.26. The van der Waals surface area contributed by atoms with E-state index >= 15 is 0 Å². The van der Waals surface area contributed by atoms with Gasteiger partial charge in [0.1, 0.15) is 11.6 Å². The molecule has 0 amide bonds. The number of aryl methyl sites for hydroxylation is 1. The Morgan fingerprint density at radius 2 is 2.19 bits per heavy atom. The van der Waals surface area contributed by atoms with E-state index in [-0.39, 0.29) is 5.82 Å². The van der Waals surface area contributed by atoms with Gasteiger partial charge in [-0.25, -0.2) is 4.39 Å². The third-order valence-electron chi connectivity index (χ3n) is 2.52. The summed E-state index contributed by atoms with van der Waals surface area (Å²) in [6, 6.07) is 4.66. The fraction of sp³-hybridized carbons (Fsp3) is 0.538. The van der Waals surface area contributed by atoms with Gasteiger partial charge < -0.3 is 9.47 Å². The van der Waals surface area contributed by atoms with Crippen molar-refractivity contribution in [2.24, 2.45) is 0 Å². The van der Waals surface area contributed by atoms with E-state index in [1.807, 2.05) is 0 Å². The Morgan fingerprint density at radius 3 is 2.56 bits per heavy atom. The molecule has 1 aliphatic heterocycles. The van der Waals surface area contributed by atoms with Gasteiger partial charge in [0.05, 0.1) is 13.2 Å². The average molecular weight is 226 g/mol. The molecule has 2 nitrogen and oxygen atoms in total. The number of rotatable bonds is 1. The van der Waals surface area contributed by atoms with Crippen LogP contribution < -0.4 is 4.74 Å². The predicted octanol–water partition coefficient (Wildman–Crippen LogP) is 3.33. The Labute approximate surface area is 96.4 Å². The highest BCUT2D eigenvalue weighted by Gasteiger charge is 2.07. The first kappa shape index (κ1) is 13.0. The van der Waals surface area contributed by atoms with E-state index in [2.05, 4.69) is 6.92 Å². The standard InChI is InChI=1S/C8H9FO.C5H10O/c1-6-5-7(10-2)3-4-8(6)9;1-5-3-2-4-6-5/h3-5H,1-2H3;5H,2-4H2,1H3. The Hall–Kier alpha value is -1.09. The summed E-state index contributed by atoms with van der Waals surface area (Å²) in [7, 11) is 1.56. The minimum atomic E-state index is -0.194. The SMILES string of the molecule is CC1CCCO1.COc1ccc(F)c(C)c1. The van der Waals surface area contributed by atoms with Gasteiger partial charge in [0.25, 0.3) is 0 Å². The van der Waals surface area contributed by atoms with Crippen LogP contribution in [0.2, 0.25) is 0 Å². The molecule has 2 rings (SSSR count). The molecule has 3 heteroatoms. The van der Waals surface area contributed by atoms with Crippen LogP contribution in [-0.4, -0.2) is 19.8 Å². The lowest BCUT2D eigenvalue weighted by atomic mass is 10.2. The normalized spacial score (nSPS) is 18.9. The van der Waals surface area contributed by atoms with Crippen LogP contribution in [0.25, 0.3) is 0 Å². The number of benzene rings is 1. The molecule has 16 heavy (non-hydrogen) atoms. The van der Waals surface area contributed by atoms with E-state index in [1.165, 1.54) is 18.9 Å². The molecule has 1 unspecified atom stereocenters. The molecule has 1 aromatic rings. The summed E-state index contributed by atoms with van der Waals surface area (Å²) >= 11 is 0. The Bertz CT molecular complexity index is 320. The molecule has 1 heterocycles. The quantitative estimate of drug-likeness (QED) is 0.731. The zero-order valence-corrected chi connectivity index (χ0v) is 10.1. The Balaban J connectivity index is 0.000000181. The Morgan fingerprint density at radius 1 is 1.44 bits per heavy atom. The number of hydrogen-bond acceptors (Lipinski definition) is 2. The maximum Gasteiger partial charge on any atom is 0.126 e. The van der Waals surface area contributed by atoms with Crippen LogP contribution in [0.15, 0.2) is 18.2 Å². The van der Waals surface area contributed by atoms with E-state index in [4.69, 9.17) is 9.47 Å². The van der Waals surface area contributed by atoms with Crippen molar-refractivity contribution in [1.29, 1.82) is 0 Å². The van der Waals surface area contributed by atoms with E-state index in [0.717, 1.165) is 6.61 Å². The van der Waals surface area contributed by atoms with Crippen LogP contribution in [0.4, 0.5) is 4.39 Å². The molecule has 1 aliphatic rings. The zero-order chi connectivity index (χ0) is 12.0. The maximum atomic E-state index is 12.6.